The van der Waals surface area contributed by atoms with Crippen molar-refractivity contribution in [1.29, 1.82) is 0 Å². The second-order valence-electron chi connectivity index (χ2n) is 6.45. The molecule has 2 nitrogen and oxygen atoms in total. The molecular weight excluding hydrogens is 270 g/mol. The highest BCUT2D eigenvalue weighted by Crippen LogP contribution is 2.13. The number of allylic oxidation sites excluding steroid dienone is 2. The number of aliphatic hydroxyl groups is 1. The van der Waals surface area contributed by atoms with Gasteiger partial charge in [0.25, 0.3) is 0 Å². The first-order valence-corrected chi connectivity index (χ1v) is 9.88. The first kappa shape index (κ1) is 21.5. The van der Waals surface area contributed by atoms with Gasteiger partial charge in [0.05, 0.1) is 6.61 Å². The molecule has 2 N–H and O–H groups in total. The normalized spacial score (nSPS) is 11.9. The molecule has 0 rings (SSSR count). The highest BCUT2D eigenvalue weighted by Gasteiger charge is 1.98. The fourth-order valence-electron chi connectivity index (χ4n) is 2.78. The summed E-state index contributed by atoms with van der Waals surface area (Å²) in [6, 6.07) is 0. The van der Waals surface area contributed by atoms with Crippen molar-refractivity contribution in [2.45, 2.75) is 104 Å². The summed E-state index contributed by atoms with van der Waals surface area (Å²) in [5, 5.41) is 12.4. The Labute approximate surface area is 139 Å². The van der Waals surface area contributed by atoms with Gasteiger partial charge < -0.3 is 10.4 Å². The van der Waals surface area contributed by atoms with Gasteiger partial charge in [0, 0.05) is 12.2 Å². The molecule has 0 fully saturated rings. The van der Waals surface area contributed by atoms with E-state index in [1.165, 1.54) is 89.2 Å². The Bertz CT molecular complexity index is 238. The fourth-order valence-corrected chi connectivity index (χ4v) is 2.78. The number of hydrogen-bond donors (Lipinski definition) is 2. The summed E-state index contributed by atoms with van der Waals surface area (Å²) in [6.45, 7) is 5.45. The number of nitrogens with one attached hydrogen (secondary N) is 1. The molecule has 0 unspecified atom stereocenters. The van der Waals surface area contributed by atoms with Gasteiger partial charge in [0.2, 0.25) is 0 Å². The van der Waals surface area contributed by atoms with Crippen molar-refractivity contribution in [3.63, 3.8) is 0 Å². The van der Waals surface area contributed by atoms with Gasteiger partial charge in [-0.05, 0) is 25.7 Å². The van der Waals surface area contributed by atoms with Crippen LogP contribution < -0.4 is 5.32 Å². The Morgan fingerprint density at radius 3 is 1.91 bits per heavy atom. The monoisotopic (exact) mass is 311 g/mol. The molecule has 132 valence electrons. The van der Waals surface area contributed by atoms with Crippen LogP contribution in [0, 0.1) is 0 Å². The molecule has 0 spiro atoms. The van der Waals surface area contributed by atoms with Crippen LogP contribution in [0.2, 0.25) is 0 Å². The van der Waals surface area contributed by atoms with Gasteiger partial charge in [0.1, 0.15) is 0 Å². The quantitative estimate of drug-likeness (QED) is 0.325. The molecule has 2 heteroatoms. The van der Waals surface area contributed by atoms with E-state index in [2.05, 4.69) is 25.2 Å². The molecular formula is C20H41NO. The smallest absolute Gasteiger partial charge is 0.0603 e. The zero-order valence-corrected chi connectivity index (χ0v) is 15.3. The molecule has 0 atom stereocenters. The maximum Gasteiger partial charge on any atom is 0.0603 e. The van der Waals surface area contributed by atoms with E-state index >= 15 is 0 Å². The molecule has 0 aliphatic carbocycles. The molecule has 0 aromatic heterocycles. The zero-order chi connectivity index (χ0) is 16.3. The molecule has 0 amide bonds. The lowest BCUT2D eigenvalue weighted by molar-refractivity contribution is 0.296. The van der Waals surface area contributed by atoms with Crippen LogP contribution in [0.4, 0.5) is 0 Å². The molecule has 22 heavy (non-hydrogen) atoms. The van der Waals surface area contributed by atoms with Crippen LogP contribution in [0.1, 0.15) is 104 Å². The highest BCUT2D eigenvalue weighted by molar-refractivity contribution is 4.99. The molecule has 0 radical (unpaired) electrons. The number of unbranched alkanes of at least 4 members (excludes halogenated alkanes) is 11. The third-order valence-electron chi connectivity index (χ3n) is 4.21. The number of aliphatic hydroxyl groups excluding tert-OH is 1. The lowest BCUT2D eigenvalue weighted by atomic mass is 10.1. The minimum absolute atomic E-state index is 0.227. The first-order valence-electron chi connectivity index (χ1n) is 9.88. The molecule has 0 aliphatic rings. The average Bonchev–Trinajstić information content (AvgIpc) is 2.54. The lowest BCUT2D eigenvalue weighted by Crippen LogP contribution is -2.17. The predicted octanol–water partition coefficient (Wildman–Crippen LogP) is 5.95. The van der Waals surface area contributed by atoms with Crippen LogP contribution in [0.25, 0.3) is 0 Å². The molecule has 0 aromatic carbocycles. The third kappa shape index (κ3) is 15.9. The van der Waals surface area contributed by atoms with Crippen molar-refractivity contribution in [1.82, 2.24) is 5.32 Å². The van der Waals surface area contributed by atoms with Crippen molar-refractivity contribution in [3.05, 3.63) is 11.8 Å². The van der Waals surface area contributed by atoms with Crippen molar-refractivity contribution in [2.75, 3.05) is 13.2 Å². The van der Waals surface area contributed by atoms with E-state index in [0.29, 0.717) is 6.54 Å². The second-order valence-corrected chi connectivity index (χ2v) is 6.45. The Balaban J connectivity index is 3.72. The Hall–Kier alpha value is -0.500. The second kappa shape index (κ2) is 18.5. The van der Waals surface area contributed by atoms with Gasteiger partial charge in [-0.25, -0.2) is 0 Å². The van der Waals surface area contributed by atoms with Gasteiger partial charge in [0.15, 0.2) is 0 Å². The van der Waals surface area contributed by atoms with Crippen molar-refractivity contribution in [2.24, 2.45) is 0 Å². The van der Waals surface area contributed by atoms with Crippen molar-refractivity contribution < 1.29 is 5.11 Å². The van der Waals surface area contributed by atoms with Crippen molar-refractivity contribution in [3.8, 4) is 0 Å². The van der Waals surface area contributed by atoms with Gasteiger partial charge in [-0.1, -0.05) is 84.1 Å². The summed E-state index contributed by atoms with van der Waals surface area (Å²) >= 11 is 0. The molecule has 0 bridgehead atoms. The summed E-state index contributed by atoms with van der Waals surface area (Å²) in [4.78, 5) is 0. The maximum atomic E-state index is 8.99. The van der Waals surface area contributed by atoms with Crippen LogP contribution >= 0.6 is 0 Å². The standard InChI is InChI=1S/C20H41NO/c1-3-5-7-9-11-13-15-17-20(21-18-19-22)16-14-12-10-8-6-4-2/h17,21-22H,3-16,18-19H2,1-2H3/b20-17+. The number of hydrogen-bond acceptors (Lipinski definition) is 2. The largest absolute Gasteiger partial charge is 0.395 e. The van der Waals surface area contributed by atoms with Gasteiger partial charge >= 0.3 is 0 Å². The van der Waals surface area contributed by atoms with E-state index < -0.39 is 0 Å². The van der Waals surface area contributed by atoms with E-state index in [9.17, 15) is 0 Å². The Morgan fingerprint density at radius 1 is 0.773 bits per heavy atom. The van der Waals surface area contributed by atoms with E-state index in [-0.39, 0.29) is 6.61 Å². The van der Waals surface area contributed by atoms with E-state index in [1.807, 2.05) is 0 Å². The molecule has 0 saturated carbocycles. The van der Waals surface area contributed by atoms with Crippen LogP contribution in [0.3, 0.4) is 0 Å². The van der Waals surface area contributed by atoms with Gasteiger partial charge in [-0.2, -0.15) is 0 Å². The van der Waals surface area contributed by atoms with E-state index in [4.69, 9.17) is 5.11 Å². The SMILES string of the molecule is CCCCCCCC/C=C(\CCCCCCCC)NCCO. The zero-order valence-electron chi connectivity index (χ0n) is 15.3. The molecule has 0 heterocycles. The maximum absolute atomic E-state index is 8.99. The van der Waals surface area contributed by atoms with E-state index in [1.54, 1.807) is 0 Å². The topological polar surface area (TPSA) is 32.3 Å². The summed E-state index contributed by atoms with van der Waals surface area (Å²) in [6.07, 6.45) is 21.0. The molecule has 0 aliphatic heterocycles. The summed E-state index contributed by atoms with van der Waals surface area (Å²) in [7, 11) is 0. The molecule has 0 saturated heterocycles. The van der Waals surface area contributed by atoms with Gasteiger partial charge in [-0.3, -0.25) is 0 Å². The Kier molecular flexibility index (Phi) is 18.1. The lowest BCUT2D eigenvalue weighted by Gasteiger charge is -2.10. The van der Waals surface area contributed by atoms with Crippen LogP contribution in [0.5, 0.6) is 0 Å². The van der Waals surface area contributed by atoms with E-state index in [0.717, 1.165) is 6.42 Å². The first-order chi connectivity index (χ1) is 10.8. The predicted molar refractivity (Wildman–Crippen MR) is 99.2 cm³/mol. The minimum atomic E-state index is 0.227. The van der Waals surface area contributed by atoms with Gasteiger partial charge in [-0.15, -0.1) is 0 Å². The van der Waals surface area contributed by atoms with Crippen molar-refractivity contribution >= 4 is 0 Å². The third-order valence-corrected chi connectivity index (χ3v) is 4.21. The summed E-state index contributed by atoms with van der Waals surface area (Å²) < 4.78 is 0. The van der Waals surface area contributed by atoms with Crippen LogP contribution in [0.15, 0.2) is 11.8 Å². The summed E-state index contributed by atoms with van der Waals surface area (Å²) in [5.41, 5.74) is 1.36. The molecule has 0 aromatic rings. The average molecular weight is 312 g/mol. The fraction of sp³-hybridized carbons (Fsp3) is 0.900. The Morgan fingerprint density at radius 2 is 1.32 bits per heavy atom. The van der Waals surface area contributed by atoms with Crippen LogP contribution in [-0.4, -0.2) is 18.3 Å². The summed E-state index contributed by atoms with van der Waals surface area (Å²) in [5.74, 6) is 0. The number of rotatable bonds is 17. The van der Waals surface area contributed by atoms with Crippen LogP contribution in [-0.2, 0) is 0 Å². The minimum Gasteiger partial charge on any atom is -0.395 e. The highest BCUT2D eigenvalue weighted by atomic mass is 16.3.